The van der Waals surface area contributed by atoms with Crippen molar-refractivity contribution in [3.63, 3.8) is 0 Å². The Balaban J connectivity index is 2.67. The van der Waals surface area contributed by atoms with Gasteiger partial charge in [0, 0.05) is 18.4 Å². The number of Topliss-reactive ketones (excluding diaryl/α,β-unsaturated/α-hetero) is 1. The molecule has 0 aliphatic heterocycles. The monoisotopic (exact) mass is 352 g/mol. The second-order valence-corrected chi connectivity index (χ2v) is 12.9. The summed E-state index contributed by atoms with van der Waals surface area (Å²) in [5.74, 6) is 1.32. The van der Waals surface area contributed by atoms with E-state index >= 15 is 0 Å². The highest BCUT2D eigenvalue weighted by molar-refractivity contribution is 6.70. The molecule has 0 atom stereocenters. The van der Waals surface area contributed by atoms with Gasteiger partial charge in [-0.15, -0.1) is 0 Å². The van der Waals surface area contributed by atoms with Crippen molar-refractivity contribution in [1.29, 1.82) is 0 Å². The molecule has 0 radical (unpaired) electrons. The molecule has 0 spiro atoms. The summed E-state index contributed by atoms with van der Waals surface area (Å²) in [6.07, 6.45) is 17.2. The Morgan fingerprint density at radius 1 is 0.667 bits per heavy atom. The summed E-state index contributed by atoms with van der Waals surface area (Å²) >= 11 is 0. The van der Waals surface area contributed by atoms with E-state index in [1.807, 2.05) is 6.92 Å². The zero-order chi connectivity index (χ0) is 17.8. The Morgan fingerprint density at radius 2 is 1.04 bits per heavy atom. The lowest BCUT2D eigenvalue weighted by Gasteiger charge is -2.24. The van der Waals surface area contributed by atoms with Crippen molar-refractivity contribution in [2.24, 2.45) is 0 Å². The fourth-order valence-corrected chi connectivity index (χ4v) is 4.36. The number of hydrogen-bond donors (Lipinski definition) is 0. The lowest BCUT2D eigenvalue weighted by atomic mass is 10.0. The van der Waals surface area contributed by atoms with Gasteiger partial charge in [0.05, 0.1) is 5.76 Å². The van der Waals surface area contributed by atoms with Crippen LogP contribution in [0.4, 0.5) is 0 Å². The van der Waals surface area contributed by atoms with Crippen molar-refractivity contribution < 1.29 is 9.22 Å². The Kier molecular flexibility index (Phi) is 10.6. The lowest BCUT2D eigenvalue weighted by molar-refractivity contribution is -0.115. The van der Waals surface area contributed by atoms with E-state index in [-0.39, 0.29) is 0 Å². The summed E-state index contributed by atoms with van der Waals surface area (Å²) < 4.78 is 6.28. The second-order valence-electron chi connectivity index (χ2n) is 8.43. The largest absolute Gasteiger partial charge is 0.547 e. The molecule has 0 heterocycles. The average molecular weight is 353 g/mol. The molecule has 0 unspecified atom stereocenters. The van der Waals surface area contributed by atoms with Crippen molar-refractivity contribution in [3.05, 3.63) is 11.3 Å². The van der Waals surface area contributed by atoms with Gasteiger partial charge in [-0.05, 0) is 39.4 Å². The molecule has 2 nitrogen and oxygen atoms in total. The zero-order valence-corrected chi connectivity index (χ0v) is 17.7. The fraction of sp³-hybridized carbons (Fsp3) is 0.857. The Morgan fingerprint density at radius 3 is 1.46 bits per heavy atom. The van der Waals surface area contributed by atoms with E-state index in [4.69, 9.17) is 4.43 Å². The minimum atomic E-state index is -1.66. The van der Waals surface area contributed by atoms with E-state index < -0.39 is 8.32 Å². The quantitative estimate of drug-likeness (QED) is 0.493. The smallest absolute Gasteiger partial charge is 0.241 e. The lowest BCUT2D eigenvalue weighted by Crippen LogP contribution is -2.26. The van der Waals surface area contributed by atoms with Crippen LogP contribution in [-0.4, -0.2) is 14.1 Å². The number of allylic oxidation sites excluding steroid dienone is 2. The van der Waals surface area contributed by atoms with Crippen LogP contribution in [0.5, 0.6) is 0 Å². The van der Waals surface area contributed by atoms with Crippen LogP contribution in [0.3, 0.4) is 0 Å². The van der Waals surface area contributed by atoms with E-state index in [0.717, 1.165) is 30.6 Å². The third-order valence-corrected chi connectivity index (χ3v) is 5.68. The van der Waals surface area contributed by atoms with Crippen LogP contribution in [0.25, 0.3) is 0 Å². The van der Waals surface area contributed by atoms with Crippen LogP contribution in [-0.2, 0) is 9.22 Å². The third-order valence-electron chi connectivity index (χ3n) is 4.82. The normalized spacial score (nSPS) is 24.4. The number of rotatable bonds is 2. The fourth-order valence-electron chi connectivity index (χ4n) is 3.37. The van der Waals surface area contributed by atoms with Gasteiger partial charge in [0.25, 0.3) is 0 Å². The van der Waals surface area contributed by atoms with Crippen molar-refractivity contribution >= 4 is 14.1 Å². The number of carbonyl (C=O) groups excluding carboxylic acids is 1. The molecular weight excluding hydrogens is 312 g/mol. The highest BCUT2D eigenvalue weighted by Gasteiger charge is 2.21. The van der Waals surface area contributed by atoms with Crippen LogP contribution in [0, 0.1) is 0 Å². The predicted octanol–water partition coefficient (Wildman–Crippen LogP) is 7.16. The van der Waals surface area contributed by atoms with Gasteiger partial charge in [0.1, 0.15) is 0 Å². The first kappa shape index (κ1) is 21.5. The van der Waals surface area contributed by atoms with Gasteiger partial charge in [-0.25, -0.2) is 0 Å². The van der Waals surface area contributed by atoms with Gasteiger partial charge in [0.15, 0.2) is 5.78 Å². The first-order valence-corrected chi connectivity index (χ1v) is 13.7. The number of hydrogen-bond acceptors (Lipinski definition) is 2. The maximum atomic E-state index is 12.5. The second kappa shape index (κ2) is 11.9. The van der Waals surface area contributed by atoms with Gasteiger partial charge >= 0.3 is 0 Å². The topological polar surface area (TPSA) is 26.3 Å². The Bertz CT molecular complexity index is 393. The molecule has 3 heteroatoms. The van der Waals surface area contributed by atoms with E-state index in [9.17, 15) is 4.79 Å². The summed E-state index contributed by atoms with van der Waals surface area (Å²) in [6, 6.07) is 0. The maximum absolute atomic E-state index is 12.5. The van der Waals surface area contributed by atoms with Gasteiger partial charge in [0.2, 0.25) is 8.32 Å². The summed E-state index contributed by atoms with van der Waals surface area (Å²) in [5, 5.41) is 0. The van der Waals surface area contributed by atoms with Crippen molar-refractivity contribution in [2.75, 3.05) is 0 Å². The first-order chi connectivity index (χ1) is 11.4. The van der Waals surface area contributed by atoms with Crippen molar-refractivity contribution in [3.8, 4) is 0 Å². The molecule has 1 rings (SSSR count). The van der Waals surface area contributed by atoms with E-state index in [2.05, 4.69) is 19.6 Å². The molecule has 0 N–H and O–H groups in total. The molecule has 24 heavy (non-hydrogen) atoms. The van der Waals surface area contributed by atoms with E-state index in [1.165, 1.54) is 64.2 Å². The first-order valence-electron chi connectivity index (χ1n) is 10.3. The van der Waals surface area contributed by atoms with Gasteiger partial charge in [-0.2, -0.15) is 0 Å². The molecule has 0 amide bonds. The van der Waals surface area contributed by atoms with Crippen LogP contribution in [0.2, 0.25) is 19.6 Å². The molecule has 0 aromatic rings. The SMILES string of the molecule is C/C1=C(/O[Si](C)(C)C)CCCCCCCCCCCCCCC1=O. The summed E-state index contributed by atoms with van der Waals surface area (Å²) in [7, 11) is -1.66. The Hall–Kier alpha value is -0.573. The molecule has 0 bridgehead atoms. The highest BCUT2D eigenvalue weighted by Crippen LogP contribution is 2.23. The molecule has 1 aliphatic carbocycles. The summed E-state index contributed by atoms with van der Waals surface area (Å²) in [4.78, 5) is 12.5. The third kappa shape index (κ3) is 10.3. The average Bonchev–Trinajstić information content (AvgIpc) is 2.51. The van der Waals surface area contributed by atoms with Crippen LogP contribution >= 0.6 is 0 Å². The van der Waals surface area contributed by atoms with Gasteiger partial charge in [-0.1, -0.05) is 64.2 Å². The molecule has 0 saturated carbocycles. The number of carbonyl (C=O) groups is 1. The predicted molar refractivity (Wildman–Crippen MR) is 107 cm³/mol. The van der Waals surface area contributed by atoms with Crippen LogP contribution < -0.4 is 0 Å². The van der Waals surface area contributed by atoms with Crippen molar-refractivity contribution in [2.45, 2.75) is 116 Å². The van der Waals surface area contributed by atoms with Gasteiger partial charge in [-0.3, -0.25) is 4.79 Å². The highest BCUT2D eigenvalue weighted by atomic mass is 28.4. The van der Waals surface area contributed by atoms with E-state index in [1.54, 1.807) is 0 Å². The number of ketones is 1. The molecule has 0 aromatic carbocycles. The summed E-state index contributed by atoms with van der Waals surface area (Å²) in [6.45, 7) is 8.62. The molecule has 1 aliphatic rings. The van der Waals surface area contributed by atoms with Gasteiger partial charge < -0.3 is 4.43 Å². The molecule has 0 aromatic heterocycles. The molecular formula is C21H40O2Si. The van der Waals surface area contributed by atoms with Crippen LogP contribution in [0.15, 0.2) is 11.3 Å². The molecule has 140 valence electrons. The minimum absolute atomic E-state index is 0.313. The maximum Gasteiger partial charge on any atom is 0.241 e. The summed E-state index contributed by atoms with van der Waals surface area (Å²) in [5.41, 5.74) is 0.904. The van der Waals surface area contributed by atoms with E-state index in [0.29, 0.717) is 12.2 Å². The van der Waals surface area contributed by atoms with Crippen LogP contribution in [0.1, 0.15) is 96.8 Å². The van der Waals surface area contributed by atoms with Crippen molar-refractivity contribution in [1.82, 2.24) is 0 Å². The standard InChI is InChI=1S/C21H40O2Si/c1-19-20(22)17-15-13-11-9-7-5-6-8-10-12-14-16-18-21(19)23-24(2,3)4/h5-18H2,1-4H3/b21-19-. The minimum Gasteiger partial charge on any atom is -0.547 e. The Labute approximate surface area is 151 Å². The molecule has 0 saturated heterocycles. The molecule has 0 fully saturated rings. The zero-order valence-electron chi connectivity index (χ0n) is 16.7.